The number of benzene rings is 1. The fraction of sp³-hybridized carbons (Fsp3) is 0.474. The van der Waals surface area contributed by atoms with Crippen LogP contribution in [-0.2, 0) is 11.3 Å². The molecule has 0 saturated heterocycles. The van der Waals surface area contributed by atoms with Gasteiger partial charge in [0.2, 0.25) is 0 Å². The molecule has 0 atom stereocenters. The van der Waals surface area contributed by atoms with Crippen LogP contribution in [0.5, 0.6) is 0 Å². The van der Waals surface area contributed by atoms with Crippen LogP contribution in [0.15, 0.2) is 43.0 Å². The molecule has 0 N–H and O–H groups in total. The second-order valence-corrected chi connectivity index (χ2v) is 5.78. The molecule has 114 valence electrons. The van der Waals surface area contributed by atoms with Crippen molar-refractivity contribution in [3.63, 3.8) is 0 Å². The van der Waals surface area contributed by atoms with E-state index in [4.69, 9.17) is 4.74 Å². The maximum atomic E-state index is 14.1. The van der Waals surface area contributed by atoms with E-state index in [-0.39, 0.29) is 5.82 Å². The molecule has 0 bridgehead atoms. The molecule has 0 spiro atoms. The predicted molar refractivity (Wildman–Crippen MR) is 85.8 cm³/mol. The number of rotatable bonds is 6. The molecule has 0 aliphatic heterocycles. The van der Waals surface area contributed by atoms with Crippen molar-refractivity contribution in [2.24, 2.45) is 5.92 Å². The summed E-state index contributed by atoms with van der Waals surface area (Å²) < 4.78 is 19.6. The lowest BCUT2D eigenvalue weighted by Gasteiger charge is -2.27. The highest BCUT2D eigenvalue weighted by Crippen LogP contribution is 2.36. The van der Waals surface area contributed by atoms with Crippen LogP contribution in [0.25, 0.3) is 0 Å². The van der Waals surface area contributed by atoms with Gasteiger partial charge in [-0.15, -0.1) is 6.58 Å². The van der Waals surface area contributed by atoms with Crippen molar-refractivity contribution in [2.75, 3.05) is 6.61 Å². The van der Waals surface area contributed by atoms with Gasteiger partial charge in [-0.3, -0.25) is 0 Å². The molecule has 1 aliphatic carbocycles. The predicted octanol–water partition coefficient (Wildman–Crippen LogP) is 5.38. The first-order valence-electron chi connectivity index (χ1n) is 7.84. The van der Waals surface area contributed by atoms with Crippen LogP contribution in [0, 0.1) is 11.7 Å². The van der Waals surface area contributed by atoms with Gasteiger partial charge in [-0.1, -0.05) is 30.4 Å². The molecular formula is C19H25FO. The molecule has 1 aliphatic rings. The molecule has 2 heteroatoms. The summed E-state index contributed by atoms with van der Waals surface area (Å²) in [4.78, 5) is 0. The largest absolute Gasteiger partial charge is 0.373 e. The zero-order valence-electron chi connectivity index (χ0n) is 12.9. The first-order chi connectivity index (χ1) is 10.2. The smallest absolute Gasteiger partial charge is 0.129 e. The Labute approximate surface area is 127 Å². The van der Waals surface area contributed by atoms with Crippen molar-refractivity contribution in [3.8, 4) is 0 Å². The van der Waals surface area contributed by atoms with Gasteiger partial charge in [-0.25, -0.2) is 4.39 Å². The zero-order chi connectivity index (χ0) is 15.1. The van der Waals surface area contributed by atoms with Gasteiger partial charge in [0.15, 0.2) is 0 Å². The number of allylic oxidation sites excluding steroid dienone is 2. The molecule has 2 rings (SSSR count). The van der Waals surface area contributed by atoms with E-state index < -0.39 is 0 Å². The van der Waals surface area contributed by atoms with E-state index in [9.17, 15) is 4.39 Å². The minimum Gasteiger partial charge on any atom is -0.373 e. The maximum absolute atomic E-state index is 14.1. The van der Waals surface area contributed by atoms with Crippen LogP contribution in [0.1, 0.15) is 49.7 Å². The summed E-state index contributed by atoms with van der Waals surface area (Å²) in [5.41, 5.74) is 1.77. The van der Waals surface area contributed by atoms with Gasteiger partial charge >= 0.3 is 0 Å². The average molecular weight is 288 g/mol. The Morgan fingerprint density at radius 3 is 2.67 bits per heavy atom. The van der Waals surface area contributed by atoms with Gasteiger partial charge in [-0.05, 0) is 56.1 Å². The van der Waals surface area contributed by atoms with Gasteiger partial charge in [0, 0.05) is 5.56 Å². The molecule has 0 aromatic heterocycles. The highest BCUT2D eigenvalue weighted by atomic mass is 19.1. The minimum atomic E-state index is -0.140. The molecule has 21 heavy (non-hydrogen) atoms. The summed E-state index contributed by atoms with van der Waals surface area (Å²) in [6.07, 6.45) is 10.5. The number of halogens is 1. The van der Waals surface area contributed by atoms with Crippen LogP contribution in [0.3, 0.4) is 0 Å². The first kappa shape index (κ1) is 16.0. The van der Waals surface area contributed by atoms with E-state index >= 15 is 0 Å². The van der Waals surface area contributed by atoms with Crippen LogP contribution >= 0.6 is 0 Å². The maximum Gasteiger partial charge on any atom is 0.129 e. The van der Waals surface area contributed by atoms with E-state index in [1.807, 2.05) is 25.1 Å². The van der Waals surface area contributed by atoms with Crippen molar-refractivity contribution >= 4 is 0 Å². The summed E-state index contributed by atoms with van der Waals surface area (Å²) in [5.74, 6) is 0.998. The van der Waals surface area contributed by atoms with E-state index in [0.29, 0.717) is 30.6 Å². The van der Waals surface area contributed by atoms with Crippen molar-refractivity contribution in [1.29, 1.82) is 0 Å². The summed E-state index contributed by atoms with van der Waals surface area (Å²) in [7, 11) is 0. The summed E-state index contributed by atoms with van der Waals surface area (Å²) >= 11 is 0. The summed E-state index contributed by atoms with van der Waals surface area (Å²) in [6, 6.07) is 5.64. The number of hydrogen-bond acceptors (Lipinski definition) is 1. The zero-order valence-corrected chi connectivity index (χ0v) is 12.9. The number of hydrogen-bond donors (Lipinski definition) is 0. The SMILES string of the molecule is C=C[C@H]1CC[C@H](c2ccc(COC/C=C/C)c(F)c2)CC1. The molecule has 0 heterocycles. The summed E-state index contributed by atoms with van der Waals surface area (Å²) in [5, 5.41) is 0. The topological polar surface area (TPSA) is 9.23 Å². The molecule has 1 aromatic carbocycles. The third kappa shape index (κ3) is 4.53. The third-order valence-electron chi connectivity index (χ3n) is 4.36. The molecular weight excluding hydrogens is 263 g/mol. The van der Waals surface area contributed by atoms with Gasteiger partial charge in [-0.2, -0.15) is 0 Å². The normalized spacial score (nSPS) is 22.6. The molecule has 1 aromatic rings. The van der Waals surface area contributed by atoms with Crippen molar-refractivity contribution in [1.82, 2.24) is 0 Å². The average Bonchev–Trinajstić information content (AvgIpc) is 2.53. The minimum absolute atomic E-state index is 0.140. The van der Waals surface area contributed by atoms with Crippen LogP contribution in [0.4, 0.5) is 4.39 Å². The Morgan fingerprint density at radius 1 is 1.29 bits per heavy atom. The van der Waals surface area contributed by atoms with Gasteiger partial charge in [0.05, 0.1) is 13.2 Å². The Balaban J connectivity index is 1.94. The fourth-order valence-electron chi connectivity index (χ4n) is 2.96. The van der Waals surface area contributed by atoms with E-state index in [1.54, 1.807) is 6.07 Å². The van der Waals surface area contributed by atoms with Crippen LogP contribution in [0.2, 0.25) is 0 Å². The van der Waals surface area contributed by atoms with Crippen LogP contribution in [-0.4, -0.2) is 6.61 Å². The lowest BCUT2D eigenvalue weighted by atomic mass is 9.78. The van der Waals surface area contributed by atoms with Crippen molar-refractivity contribution in [2.45, 2.75) is 45.1 Å². The third-order valence-corrected chi connectivity index (χ3v) is 4.36. The molecule has 1 fully saturated rings. The highest BCUT2D eigenvalue weighted by Gasteiger charge is 2.21. The molecule has 1 saturated carbocycles. The standard InChI is InChI=1S/C19H25FO/c1-3-5-12-21-14-18-11-10-17(13-19(18)20)16-8-6-15(4-2)7-9-16/h3-5,10-11,13,15-16H,2,6-9,12,14H2,1H3/b5-3+/t15-,16-. The van der Waals surface area contributed by atoms with Gasteiger partial charge < -0.3 is 4.74 Å². The molecule has 0 amide bonds. The Bertz CT molecular complexity index is 484. The van der Waals surface area contributed by atoms with E-state index in [0.717, 1.165) is 18.4 Å². The highest BCUT2D eigenvalue weighted by molar-refractivity contribution is 5.27. The second-order valence-electron chi connectivity index (χ2n) is 5.78. The van der Waals surface area contributed by atoms with Gasteiger partial charge in [0.25, 0.3) is 0 Å². The van der Waals surface area contributed by atoms with E-state index in [2.05, 4.69) is 18.7 Å². The van der Waals surface area contributed by atoms with Crippen molar-refractivity contribution in [3.05, 3.63) is 60.0 Å². The van der Waals surface area contributed by atoms with Crippen molar-refractivity contribution < 1.29 is 9.13 Å². The van der Waals surface area contributed by atoms with E-state index in [1.165, 1.54) is 12.8 Å². The fourth-order valence-corrected chi connectivity index (χ4v) is 2.96. The first-order valence-corrected chi connectivity index (χ1v) is 7.84. The Kier molecular flexibility index (Phi) is 6.19. The molecule has 0 radical (unpaired) electrons. The number of ether oxygens (including phenoxy) is 1. The lowest BCUT2D eigenvalue weighted by molar-refractivity contribution is 0.146. The van der Waals surface area contributed by atoms with Gasteiger partial charge in [0.1, 0.15) is 5.82 Å². The molecule has 0 unspecified atom stereocenters. The molecule has 1 nitrogen and oxygen atoms in total. The Hall–Kier alpha value is -1.41. The summed E-state index contributed by atoms with van der Waals surface area (Å²) in [6.45, 7) is 6.68. The lowest BCUT2D eigenvalue weighted by Crippen LogP contribution is -2.12. The monoisotopic (exact) mass is 288 g/mol. The second kappa shape index (κ2) is 8.14. The Morgan fingerprint density at radius 2 is 2.05 bits per heavy atom. The quantitative estimate of drug-likeness (QED) is 0.504. The van der Waals surface area contributed by atoms with Crippen LogP contribution < -0.4 is 0 Å².